The quantitative estimate of drug-likeness (QED) is 0.319. The van der Waals surface area contributed by atoms with E-state index in [1.54, 1.807) is 6.08 Å². The highest BCUT2D eigenvalue weighted by Crippen LogP contribution is 2.16. The first-order valence-electron chi connectivity index (χ1n) is 4.04. The summed E-state index contributed by atoms with van der Waals surface area (Å²) in [5, 5.41) is 0. The van der Waals surface area contributed by atoms with Crippen LogP contribution in [0.3, 0.4) is 0 Å². The van der Waals surface area contributed by atoms with Gasteiger partial charge in [-0.2, -0.15) is 0 Å². The lowest BCUT2D eigenvalue weighted by atomic mass is 9.99. The number of nitrogens with zero attached hydrogens (tertiary/aromatic N) is 1. The van der Waals surface area contributed by atoms with E-state index in [0.29, 0.717) is 17.4 Å². The van der Waals surface area contributed by atoms with Gasteiger partial charge < -0.3 is 4.74 Å². The molecule has 0 saturated heterocycles. The van der Waals surface area contributed by atoms with Crippen LogP contribution in [0.25, 0.3) is 0 Å². The van der Waals surface area contributed by atoms with Crippen LogP contribution in [0.2, 0.25) is 0 Å². The molecule has 0 fully saturated rings. The van der Waals surface area contributed by atoms with Crippen molar-refractivity contribution in [3.63, 3.8) is 0 Å². The third kappa shape index (κ3) is 7.65. The van der Waals surface area contributed by atoms with Crippen molar-refractivity contribution in [2.45, 2.75) is 20.8 Å². The van der Waals surface area contributed by atoms with Crippen LogP contribution in [0.1, 0.15) is 20.8 Å². The summed E-state index contributed by atoms with van der Waals surface area (Å²) in [6.07, 6.45) is 1.64. The molecular formula is C10H17NOS. The maximum Gasteiger partial charge on any atom is 0.213 e. The molecule has 0 aliphatic heterocycles. The standard InChI is InChI=1S/C10H17NOS/c1-8(13)6-9(11-5)12-7-10(2,3)4/h6,13H,1,5,7H2,2-4H3/b9-6+. The van der Waals surface area contributed by atoms with E-state index in [1.165, 1.54) is 0 Å². The molecule has 0 aromatic rings. The van der Waals surface area contributed by atoms with Crippen LogP contribution in [0.5, 0.6) is 0 Å². The summed E-state index contributed by atoms with van der Waals surface area (Å²) in [7, 11) is 0. The van der Waals surface area contributed by atoms with Crippen LogP contribution in [-0.2, 0) is 4.74 Å². The van der Waals surface area contributed by atoms with Crippen LogP contribution in [0.4, 0.5) is 0 Å². The van der Waals surface area contributed by atoms with Crippen molar-refractivity contribution in [2.75, 3.05) is 6.61 Å². The summed E-state index contributed by atoms with van der Waals surface area (Å²) >= 11 is 4.02. The third-order valence-electron chi connectivity index (χ3n) is 1.10. The Morgan fingerprint density at radius 3 is 2.38 bits per heavy atom. The maximum absolute atomic E-state index is 5.39. The van der Waals surface area contributed by atoms with Crippen molar-refractivity contribution in [3.05, 3.63) is 23.4 Å². The van der Waals surface area contributed by atoms with E-state index in [2.05, 4.69) is 51.7 Å². The lowest BCUT2D eigenvalue weighted by Gasteiger charge is -2.18. The summed E-state index contributed by atoms with van der Waals surface area (Å²) in [5.74, 6) is 0.468. The number of allylic oxidation sites excluding steroid dienone is 1. The Morgan fingerprint density at radius 1 is 1.54 bits per heavy atom. The van der Waals surface area contributed by atoms with E-state index in [4.69, 9.17) is 4.74 Å². The number of aliphatic imine (C=N–C) groups is 1. The monoisotopic (exact) mass is 199 g/mol. The highest BCUT2D eigenvalue weighted by Gasteiger charge is 2.11. The smallest absolute Gasteiger partial charge is 0.213 e. The SMILES string of the molecule is C=N/C(=C\C(=C)S)OCC(C)(C)C. The third-order valence-corrected chi connectivity index (χ3v) is 1.23. The first-order chi connectivity index (χ1) is 5.85. The Kier molecular flexibility index (Phi) is 4.85. The van der Waals surface area contributed by atoms with Crippen LogP contribution in [0.15, 0.2) is 28.4 Å². The van der Waals surface area contributed by atoms with Crippen LogP contribution in [-0.4, -0.2) is 13.3 Å². The lowest BCUT2D eigenvalue weighted by molar-refractivity contribution is 0.126. The van der Waals surface area contributed by atoms with Crippen LogP contribution in [0, 0.1) is 5.41 Å². The maximum atomic E-state index is 5.39. The van der Waals surface area contributed by atoms with Gasteiger partial charge in [0.1, 0.15) is 0 Å². The molecule has 0 aromatic heterocycles. The molecular weight excluding hydrogens is 182 g/mol. The minimum absolute atomic E-state index is 0.113. The van der Waals surface area contributed by atoms with Gasteiger partial charge in [0.05, 0.1) is 6.61 Å². The number of ether oxygens (including phenoxy) is 1. The molecule has 0 aliphatic carbocycles. The molecule has 0 saturated carbocycles. The van der Waals surface area contributed by atoms with Crippen molar-refractivity contribution >= 4 is 19.3 Å². The number of hydrogen-bond donors (Lipinski definition) is 1. The summed E-state index contributed by atoms with van der Waals surface area (Å²) in [6, 6.07) is 0. The molecule has 2 nitrogen and oxygen atoms in total. The number of hydrogen-bond acceptors (Lipinski definition) is 3. The van der Waals surface area contributed by atoms with E-state index >= 15 is 0 Å². The predicted octanol–water partition coefficient (Wildman–Crippen LogP) is 3.03. The molecule has 0 rings (SSSR count). The van der Waals surface area contributed by atoms with Gasteiger partial charge in [-0.15, -0.1) is 12.6 Å². The average molecular weight is 199 g/mol. The topological polar surface area (TPSA) is 21.6 Å². The van der Waals surface area contributed by atoms with Gasteiger partial charge in [-0.05, 0) is 12.1 Å². The molecule has 0 amide bonds. The van der Waals surface area contributed by atoms with Gasteiger partial charge in [0.2, 0.25) is 5.88 Å². The molecule has 0 spiro atoms. The van der Waals surface area contributed by atoms with Crippen LogP contribution < -0.4 is 0 Å². The Morgan fingerprint density at radius 2 is 2.08 bits per heavy atom. The summed E-state index contributed by atoms with van der Waals surface area (Å²) < 4.78 is 5.39. The van der Waals surface area contributed by atoms with Crippen molar-refractivity contribution < 1.29 is 4.74 Å². The molecule has 0 heterocycles. The van der Waals surface area contributed by atoms with Crippen LogP contribution >= 0.6 is 12.6 Å². The van der Waals surface area contributed by atoms with E-state index in [9.17, 15) is 0 Å². The van der Waals surface area contributed by atoms with Gasteiger partial charge in [-0.1, -0.05) is 27.4 Å². The summed E-state index contributed by atoms with van der Waals surface area (Å²) in [4.78, 5) is 4.32. The molecule has 0 N–H and O–H groups in total. The zero-order valence-corrected chi connectivity index (χ0v) is 9.40. The van der Waals surface area contributed by atoms with Gasteiger partial charge in [-0.3, -0.25) is 0 Å². The van der Waals surface area contributed by atoms with E-state index in [1.807, 2.05) is 0 Å². The van der Waals surface area contributed by atoms with Gasteiger partial charge in [0.25, 0.3) is 0 Å². The second-order valence-electron chi connectivity index (χ2n) is 3.98. The summed E-state index contributed by atoms with van der Waals surface area (Å²) in [6.45, 7) is 13.9. The van der Waals surface area contributed by atoms with E-state index in [0.717, 1.165) is 0 Å². The van der Waals surface area contributed by atoms with E-state index in [-0.39, 0.29) is 5.41 Å². The fraction of sp³-hybridized carbons (Fsp3) is 0.500. The molecule has 0 unspecified atom stereocenters. The number of thiol groups is 1. The zero-order chi connectivity index (χ0) is 10.5. The fourth-order valence-corrected chi connectivity index (χ4v) is 0.676. The molecule has 3 heteroatoms. The second-order valence-corrected chi connectivity index (χ2v) is 4.56. The molecule has 0 atom stereocenters. The molecule has 13 heavy (non-hydrogen) atoms. The Hall–Kier alpha value is -0.700. The van der Waals surface area contributed by atoms with Gasteiger partial charge >= 0.3 is 0 Å². The van der Waals surface area contributed by atoms with Crippen molar-refractivity contribution in [1.82, 2.24) is 0 Å². The second kappa shape index (κ2) is 5.12. The molecule has 0 radical (unpaired) electrons. The Labute approximate surface area is 85.8 Å². The predicted molar refractivity (Wildman–Crippen MR) is 61.2 cm³/mol. The molecule has 0 bridgehead atoms. The molecule has 0 aromatic carbocycles. The first-order valence-corrected chi connectivity index (χ1v) is 4.49. The lowest BCUT2D eigenvalue weighted by Crippen LogP contribution is -2.13. The average Bonchev–Trinajstić information content (AvgIpc) is 1.95. The Balaban J connectivity index is 4.16. The molecule has 74 valence electrons. The van der Waals surface area contributed by atoms with Crippen molar-refractivity contribution in [1.29, 1.82) is 0 Å². The van der Waals surface area contributed by atoms with Gasteiger partial charge in [0, 0.05) is 11.0 Å². The highest BCUT2D eigenvalue weighted by molar-refractivity contribution is 7.84. The largest absolute Gasteiger partial charge is 0.477 e. The first kappa shape index (κ1) is 12.3. The van der Waals surface area contributed by atoms with E-state index < -0.39 is 0 Å². The minimum Gasteiger partial charge on any atom is -0.477 e. The minimum atomic E-state index is 0.113. The van der Waals surface area contributed by atoms with Crippen molar-refractivity contribution in [2.24, 2.45) is 10.4 Å². The van der Waals surface area contributed by atoms with Crippen molar-refractivity contribution in [3.8, 4) is 0 Å². The molecule has 0 aliphatic rings. The zero-order valence-electron chi connectivity index (χ0n) is 8.50. The Bertz CT molecular complexity index is 226. The number of rotatable bonds is 4. The normalized spacial score (nSPS) is 12.5. The summed E-state index contributed by atoms with van der Waals surface area (Å²) in [5.41, 5.74) is 0.113. The van der Waals surface area contributed by atoms with Gasteiger partial charge in [0.15, 0.2) is 0 Å². The highest BCUT2D eigenvalue weighted by atomic mass is 32.1. The fourth-order valence-electron chi connectivity index (χ4n) is 0.566. The van der Waals surface area contributed by atoms with Gasteiger partial charge in [-0.25, -0.2) is 4.99 Å².